The highest BCUT2D eigenvalue weighted by Crippen LogP contribution is 2.11. The Morgan fingerprint density at radius 2 is 2.19 bits per heavy atom. The molecule has 0 aliphatic carbocycles. The van der Waals surface area contributed by atoms with Crippen molar-refractivity contribution in [2.45, 2.75) is 12.5 Å². The Kier molecular flexibility index (Phi) is 3.41. The maximum absolute atomic E-state index is 11.7. The molecule has 1 saturated heterocycles. The van der Waals surface area contributed by atoms with Crippen LogP contribution >= 0.6 is 0 Å². The second kappa shape index (κ2) is 4.99. The fourth-order valence-electron chi connectivity index (χ4n) is 1.72. The highest BCUT2D eigenvalue weighted by molar-refractivity contribution is 5.78. The molecule has 1 fully saturated rings. The molecule has 1 aromatic carbocycles. The lowest BCUT2D eigenvalue weighted by molar-refractivity contribution is -0.132. The van der Waals surface area contributed by atoms with Gasteiger partial charge in [-0.1, -0.05) is 18.2 Å². The van der Waals surface area contributed by atoms with E-state index in [1.165, 1.54) is 0 Å². The van der Waals surface area contributed by atoms with Crippen LogP contribution in [0.5, 0.6) is 5.75 Å². The first-order valence-corrected chi connectivity index (χ1v) is 5.39. The fraction of sp³-hybridized carbons (Fsp3) is 0.417. The molecule has 4 nitrogen and oxygen atoms in total. The molecule has 0 bridgehead atoms. The number of amides is 1. The van der Waals surface area contributed by atoms with Crippen molar-refractivity contribution in [3.05, 3.63) is 30.3 Å². The summed E-state index contributed by atoms with van der Waals surface area (Å²) in [7, 11) is 0. The van der Waals surface area contributed by atoms with Crippen molar-refractivity contribution in [2.24, 2.45) is 0 Å². The van der Waals surface area contributed by atoms with Crippen LogP contribution in [0.15, 0.2) is 30.3 Å². The average molecular weight is 221 g/mol. The third kappa shape index (κ3) is 2.73. The van der Waals surface area contributed by atoms with Crippen LogP contribution in [-0.2, 0) is 4.79 Å². The number of hydrogen-bond acceptors (Lipinski definition) is 3. The number of rotatable bonds is 3. The van der Waals surface area contributed by atoms with Gasteiger partial charge in [0.1, 0.15) is 5.75 Å². The number of nitrogens with zero attached hydrogens (tertiary/aromatic N) is 1. The zero-order valence-corrected chi connectivity index (χ0v) is 9.00. The number of β-amino-alcohol motifs (C(OH)–C–C–N with tert-alkyl or cyclic N) is 1. The third-order valence-electron chi connectivity index (χ3n) is 2.62. The van der Waals surface area contributed by atoms with Gasteiger partial charge in [-0.2, -0.15) is 0 Å². The Morgan fingerprint density at radius 3 is 2.81 bits per heavy atom. The molecule has 1 atom stereocenters. The standard InChI is InChI=1S/C12H15NO3/c14-10-6-7-13(8-10)12(15)9-16-11-4-2-1-3-5-11/h1-5,10,14H,6-9H2/t10-/m1/s1. The number of aliphatic hydroxyl groups is 1. The molecule has 16 heavy (non-hydrogen) atoms. The number of carbonyl (C=O) groups excluding carboxylic acids is 1. The van der Waals surface area contributed by atoms with Crippen molar-refractivity contribution in [3.63, 3.8) is 0 Å². The van der Waals surface area contributed by atoms with Crippen molar-refractivity contribution in [2.75, 3.05) is 19.7 Å². The molecular weight excluding hydrogens is 206 g/mol. The quantitative estimate of drug-likeness (QED) is 0.815. The van der Waals surface area contributed by atoms with Gasteiger partial charge in [0.25, 0.3) is 5.91 Å². The minimum atomic E-state index is -0.374. The summed E-state index contributed by atoms with van der Waals surface area (Å²) >= 11 is 0. The van der Waals surface area contributed by atoms with Gasteiger partial charge in [0.05, 0.1) is 6.10 Å². The van der Waals surface area contributed by atoms with Crippen molar-refractivity contribution in [1.29, 1.82) is 0 Å². The van der Waals surface area contributed by atoms with Gasteiger partial charge >= 0.3 is 0 Å². The van der Waals surface area contributed by atoms with Gasteiger partial charge in [-0.3, -0.25) is 4.79 Å². The number of likely N-dealkylation sites (tertiary alicyclic amines) is 1. The fourth-order valence-corrected chi connectivity index (χ4v) is 1.72. The summed E-state index contributed by atoms with van der Waals surface area (Å²) in [5, 5.41) is 9.30. The van der Waals surface area contributed by atoms with Gasteiger partial charge in [-0.15, -0.1) is 0 Å². The first kappa shape index (κ1) is 11.0. The predicted octanol–water partition coefficient (Wildman–Crippen LogP) is 0.659. The Balaban J connectivity index is 1.80. The summed E-state index contributed by atoms with van der Waals surface area (Å²) in [6.07, 6.45) is 0.289. The Bertz CT molecular complexity index is 353. The van der Waals surface area contributed by atoms with E-state index in [1.807, 2.05) is 30.3 Å². The first-order valence-electron chi connectivity index (χ1n) is 5.39. The van der Waals surface area contributed by atoms with Crippen molar-refractivity contribution in [3.8, 4) is 5.75 Å². The second-order valence-electron chi connectivity index (χ2n) is 3.88. The Hall–Kier alpha value is -1.55. The van der Waals surface area contributed by atoms with Gasteiger partial charge in [0, 0.05) is 13.1 Å². The van der Waals surface area contributed by atoms with Crippen molar-refractivity contribution in [1.82, 2.24) is 4.90 Å². The van der Waals surface area contributed by atoms with E-state index in [-0.39, 0.29) is 18.6 Å². The predicted molar refractivity (Wildman–Crippen MR) is 59.1 cm³/mol. The van der Waals surface area contributed by atoms with E-state index in [4.69, 9.17) is 4.74 Å². The van der Waals surface area contributed by atoms with Gasteiger partial charge in [-0.25, -0.2) is 0 Å². The topological polar surface area (TPSA) is 49.8 Å². The zero-order chi connectivity index (χ0) is 11.4. The lowest BCUT2D eigenvalue weighted by Crippen LogP contribution is -2.33. The van der Waals surface area contributed by atoms with Crippen LogP contribution in [0.1, 0.15) is 6.42 Å². The van der Waals surface area contributed by atoms with Gasteiger partial charge < -0.3 is 14.7 Å². The van der Waals surface area contributed by atoms with E-state index < -0.39 is 0 Å². The molecule has 86 valence electrons. The van der Waals surface area contributed by atoms with Crippen LogP contribution in [0.2, 0.25) is 0 Å². The lowest BCUT2D eigenvalue weighted by Gasteiger charge is -2.15. The maximum Gasteiger partial charge on any atom is 0.260 e. The van der Waals surface area contributed by atoms with Crippen LogP contribution in [0.3, 0.4) is 0 Å². The molecule has 4 heteroatoms. The number of para-hydroxylation sites is 1. The van der Waals surface area contributed by atoms with Gasteiger partial charge in [0.2, 0.25) is 0 Å². The van der Waals surface area contributed by atoms with E-state index in [1.54, 1.807) is 4.90 Å². The maximum atomic E-state index is 11.7. The minimum absolute atomic E-state index is 0.0384. The molecule has 1 aromatic rings. The normalized spacial score (nSPS) is 19.8. The van der Waals surface area contributed by atoms with Crippen LogP contribution in [0.4, 0.5) is 0 Å². The molecule has 2 rings (SSSR count). The van der Waals surface area contributed by atoms with E-state index in [0.29, 0.717) is 25.3 Å². The van der Waals surface area contributed by atoms with Crippen molar-refractivity contribution < 1.29 is 14.6 Å². The second-order valence-corrected chi connectivity index (χ2v) is 3.88. The molecular formula is C12H15NO3. The molecule has 0 radical (unpaired) electrons. The molecule has 0 saturated carbocycles. The molecule has 1 aliphatic rings. The lowest BCUT2D eigenvalue weighted by atomic mass is 10.3. The summed E-state index contributed by atoms with van der Waals surface area (Å²) in [6.45, 7) is 1.09. The van der Waals surface area contributed by atoms with E-state index in [2.05, 4.69) is 0 Å². The number of ether oxygens (including phenoxy) is 1. The summed E-state index contributed by atoms with van der Waals surface area (Å²) in [5.41, 5.74) is 0. The SMILES string of the molecule is O=C(COc1ccccc1)N1CC[C@@H](O)C1. The molecule has 0 unspecified atom stereocenters. The highest BCUT2D eigenvalue weighted by Gasteiger charge is 2.24. The average Bonchev–Trinajstić information content (AvgIpc) is 2.74. The van der Waals surface area contributed by atoms with Crippen LogP contribution in [0.25, 0.3) is 0 Å². The summed E-state index contributed by atoms with van der Waals surface area (Å²) in [5.74, 6) is 0.621. The van der Waals surface area contributed by atoms with Crippen LogP contribution in [0, 0.1) is 0 Å². The van der Waals surface area contributed by atoms with E-state index in [0.717, 1.165) is 0 Å². The van der Waals surface area contributed by atoms with E-state index >= 15 is 0 Å². The summed E-state index contributed by atoms with van der Waals surface area (Å²) < 4.78 is 5.34. The monoisotopic (exact) mass is 221 g/mol. The highest BCUT2D eigenvalue weighted by atomic mass is 16.5. The van der Waals surface area contributed by atoms with Crippen LogP contribution in [-0.4, -0.2) is 41.7 Å². The number of hydrogen-bond donors (Lipinski definition) is 1. The Labute approximate surface area is 94.4 Å². The molecule has 1 aliphatic heterocycles. The number of benzene rings is 1. The van der Waals surface area contributed by atoms with Crippen molar-refractivity contribution >= 4 is 5.91 Å². The Morgan fingerprint density at radius 1 is 1.44 bits per heavy atom. The smallest absolute Gasteiger partial charge is 0.260 e. The summed E-state index contributed by atoms with van der Waals surface area (Å²) in [6, 6.07) is 9.24. The molecule has 1 heterocycles. The number of aliphatic hydroxyl groups excluding tert-OH is 1. The summed E-state index contributed by atoms with van der Waals surface area (Å²) in [4.78, 5) is 13.3. The first-order chi connectivity index (χ1) is 7.75. The van der Waals surface area contributed by atoms with Gasteiger partial charge in [-0.05, 0) is 18.6 Å². The van der Waals surface area contributed by atoms with Gasteiger partial charge in [0.15, 0.2) is 6.61 Å². The molecule has 1 N–H and O–H groups in total. The molecule has 0 aromatic heterocycles. The largest absolute Gasteiger partial charge is 0.484 e. The van der Waals surface area contributed by atoms with E-state index in [9.17, 15) is 9.90 Å². The third-order valence-corrected chi connectivity index (χ3v) is 2.62. The zero-order valence-electron chi connectivity index (χ0n) is 9.00. The van der Waals surface area contributed by atoms with Crippen LogP contribution < -0.4 is 4.74 Å². The molecule has 0 spiro atoms. The minimum Gasteiger partial charge on any atom is -0.484 e. The molecule has 1 amide bonds. The number of carbonyl (C=O) groups is 1.